The number of aromatic nitrogens is 1. The molecule has 4 heteroatoms. The van der Waals surface area contributed by atoms with E-state index in [-0.39, 0.29) is 5.56 Å². The van der Waals surface area contributed by atoms with Crippen molar-refractivity contribution in [3.8, 4) is 5.75 Å². The first-order valence-corrected chi connectivity index (χ1v) is 6.38. The highest BCUT2D eigenvalue weighted by Gasteiger charge is 1.97. The van der Waals surface area contributed by atoms with Crippen LogP contribution in [0.25, 0.3) is 10.9 Å². The fourth-order valence-electron chi connectivity index (χ4n) is 1.49. The third kappa shape index (κ3) is 3.20. The largest absolute Gasteiger partial charge is 0.489 e. The van der Waals surface area contributed by atoms with Crippen molar-refractivity contribution in [1.82, 2.24) is 4.98 Å². The Hall–Kier alpha value is -1.55. The molecule has 1 aromatic heterocycles. The number of fused-ring (bicyclic) bond motifs is 1. The third-order valence-corrected chi connectivity index (χ3v) is 2.67. The zero-order valence-corrected chi connectivity index (χ0v) is 10.7. The number of H-pyrrole nitrogens is 1. The number of halogens is 1. The van der Waals surface area contributed by atoms with Gasteiger partial charge in [0.25, 0.3) is 0 Å². The van der Waals surface area contributed by atoms with Crippen LogP contribution in [0.1, 0.15) is 0 Å². The zero-order chi connectivity index (χ0) is 12.1. The van der Waals surface area contributed by atoms with E-state index in [0.717, 1.165) is 22.0 Å². The van der Waals surface area contributed by atoms with E-state index < -0.39 is 0 Å². The van der Waals surface area contributed by atoms with E-state index in [4.69, 9.17) is 4.74 Å². The number of ether oxygens (including phenoxy) is 1. The van der Waals surface area contributed by atoms with Crippen LogP contribution in [0.5, 0.6) is 5.75 Å². The summed E-state index contributed by atoms with van der Waals surface area (Å²) in [6.07, 6.45) is 3.91. The summed E-state index contributed by atoms with van der Waals surface area (Å²) >= 11 is 3.29. The van der Waals surface area contributed by atoms with Gasteiger partial charge in [-0.05, 0) is 23.6 Å². The topological polar surface area (TPSA) is 42.1 Å². The summed E-state index contributed by atoms with van der Waals surface area (Å²) in [5.74, 6) is 0.749. The Bertz CT molecular complexity index is 589. The third-order valence-electron chi connectivity index (χ3n) is 2.30. The summed E-state index contributed by atoms with van der Waals surface area (Å²) in [6, 6.07) is 8.96. The first-order valence-electron chi connectivity index (χ1n) is 5.26. The molecular formula is C13H12BrNO2. The summed E-state index contributed by atoms with van der Waals surface area (Å²) in [6.45, 7) is 0.522. The minimum atomic E-state index is -0.103. The molecule has 1 N–H and O–H groups in total. The number of aromatic amines is 1. The number of benzene rings is 1. The maximum atomic E-state index is 11.2. The predicted molar refractivity (Wildman–Crippen MR) is 73.0 cm³/mol. The first-order chi connectivity index (χ1) is 8.29. The summed E-state index contributed by atoms with van der Waals surface area (Å²) in [5.41, 5.74) is 0.688. The van der Waals surface area contributed by atoms with Crippen molar-refractivity contribution in [2.75, 3.05) is 11.9 Å². The molecule has 0 saturated carbocycles. The van der Waals surface area contributed by atoms with Crippen molar-refractivity contribution in [3.63, 3.8) is 0 Å². The number of pyridine rings is 1. The number of nitrogens with one attached hydrogen (secondary N) is 1. The van der Waals surface area contributed by atoms with Gasteiger partial charge in [0.1, 0.15) is 12.4 Å². The standard InChI is InChI=1S/C13H12BrNO2/c14-7-1-2-8-17-11-5-3-10-4-6-13(16)15-12(10)9-11/h1-6,9H,7-8H2,(H,15,16)/b2-1+. The molecule has 0 spiro atoms. The molecule has 0 fully saturated rings. The van der Waals surface area contributed by atoms with Crippen LogP contribution < -0.4 is 10.3 Å². The quantitative estimate of drug-likeness (QED) is 0.696. The van der Waals surface area contributed by atoms with Crippen LogP contribution >= 0.6 is 15.9 Å². The van der Waals surface area contributed by atoms with Gasteiger partial charge in [-0.3, -0.25) is 4.79 Å². The molecule has 0 bridgehead atoms. The van der Waals surface area contributed by atoms with E-state index in [9.17, 15) is 4.79 Å². The monoisotopic (exact) mass is 293 g/mol. The van der Waals surface area contributed by atoms with E-state index in [1.165, 1.54) is 6.07 Å². The van der Waals surface area contributed by atoms with Gasteiger partial charge in [-0.25, -0.2) is 0 Å². The predicted octanol–water partition coefficient (Wildman–Crippen LogP) is 2.86. The van der Waals surface area contributed by atoms with Crippen molar-refractivity contribution in [3.05, 3.63) is 52.8 Å². The number of alkyl halides is 1. The molecule has 17 heavy (non-hydrogen) atoms. The molecule has 1 aromatic carbocycles. The van der Waals surface area contributed by atoms with Crippen LogP contribution in [0.2, 0.25) is 0 Å². The zero-order valence-electron chi connectivity index (χ0n) is 9.15. The Balaban J connectivity index is 2.19. The van der Waals surface area contributed by atoms with Crippen molar-refractivity contribution in [1.29, 1.82) is 0 Å². The van der Waals surface area contributed by atoms with Crippen molar-refractivity contribution in [2.24, 2.45) is 0 Å². The SMILES string of the molecule is O=c1ccc2ccc(OC/C=C/CBr)cc2[nH]1. The molecule has 0 saturated heterocycles. The molecule has 88 valence electrons. The summed E-state index contributed by atoms with van der Waals surface area (Å²) < 4.78 is 5.53. The van der Waals surface area contributed by atoms with Gasteiger partial charge < -0.3 is 9.72 Å². The molecule has 3 nitrogen and oxygen atoms in total. The average Bonchev–Trinajstić information content (AvgIpc) is 2.34. The summed E-state index contributed by atoms with van der Waals surface area (Å²) in [7, 11) is 0. The Morgan fingerprint density at radius 1 is 1.24 bits per heavy atom. The van der Waals surface area contributed by atoms with Crippen LogP contribution in [0.3, 0.4) is 0 Å². The van der Waals surface area contributed by atoms with Crippen molar-refractivity contribution in [2.45, 2.75) is 0 Å². The van der Waals surface area contributed by atoms with Gasteiger partial charge in [0.05, 0.1) is 5.52 Å². The lowest BCUT2D eigenvalue weighted by Crippen LogP contribution is -2.02. The lowest BCUT2D eigenvalue weighted by atomic mass is 10.2. The second-order valence-corrected chi connectivity index (χ2v) is 4.16. The Kier molecular flexibility index (Phi) is 3.98. The fraction of sp³-hybridized carbons (Fsp3) is 0.154. The Morgan fingerprint density at radius 3 is 2.88 bits per heavy atom. The van der Waals surface area contributed by atoms with Crippen LogP contribution in [0.4, 0.5) is 0 Å². The lowest BCUT2D eigenvalue weighted by Gasteiger charge is -2.04. The lowest BCUT2D eigenvalue weighted by molar-refractivity contribution is 0.363. The van der Waals surface area contributed by atoms with Gasteiger partial charge in [-0.1, -0.05) is 28.1 Å². The molecule has 0 aliphatic carbocycles. The van der Waals surface area contributed by atoms with Crippen LogP contribution in [0.15, 0.2) is 47.3 Å². The molecule has 2 rings (SSSR count). The highest BCUT2D eigenvalue weighted by molar-refractivity contribution is 9.09. The molecule has 0 aliphatic rings. The van der Waals surface area contributed by atoms with Crippen LogP contribution in [0, 0.1) is 0 Å². The van der Waals surface area contributed by atoms with E-state index >= 15 is 0 Å². The highest BCUT2D eigenvalue weighted by atomic mass is 79.9. The normalized spacial score (nSPS) is 11.1. The molecule has 0 atom stereocenters. The first kappa shape index (κ1) is 11.9. The van der Waals surface area contributed by atoms with Crippen LogP contribution in [-0.4, -0.2) is 16.9 Å². The van der Waals surface area contributed by atoms with Crippen molar-refractivity contribution < 1.29 is 4.74 Å². The fourth-order valence-corrected chi connectivity index (χ4v) is 1.76. The maximum absolute atomic E-state index is 11.2. The average molecular weight is 294 g/mol. The molecule has 2 aromatic rings. The highest BCUT2D eigenvalue weighted by Crippen LogP contribution is 2.17. The Labute approximate surface area is 107 Å². The molecular weight excluding hydrogens is 282 g/mol. The maximum Gasteiger partial charge on any atom is 0.248 e. The van der Waals surface area contributed by atoms with Gasteiger partial charge in [-0.2, -0.15) is 0 Å². The van der Waals surface area contributed by atoms with E-state index in [2.05, 4.69) is 20.9 Å². The van der Waals surface area contributed by atoms with E-state index in [1.54, 1.807) is 6.07 Å². The second-order valence-electron chi connectivity index (χ2n) is 3.51. The number of allylic oxidation sites excluding steroid dienone is 1. The number of hydrogen-bond acceptors (Lipinski definition) is 2. The van der Waals surface area contributed by atoms with E-state index in [1.807, 2.05) is 30.4 Å². The van der Waals surface area contributed by atoms with Gasteiger partial charge in [-0.15, -0.1) is 0 Å². The molecule has 0 amide bonds. The van der Waals surface area contributed by atoms with Gasteiger partial charge >= 0.3 is 0 Å². The Morgan fingerprint density at radius 2 is 2.06 bits per heavy atom. The van der Waals surface area contributed by atoms with E-state index in [0.29, 0.717) is 6.61 Å². The minimum Gasteiger partial charge on any atom is -0.489 e. The summed E-state index contributed by atoms with van der Waals surface area (Å²) in [5, 5.41) is 1.81. The molecule has 1 heterocycles. The second kappa shape index (κ2) is 5.68. The van der Waals surface area contributed by atoms with Gasteiger partial charge in [0, 0.05) is 17.5 Å². The molecule has 0 unspecified atom stereocenters. The molecule has 0 radical (unpaired) electrons. The minimum absolute atomic E-state index is 0.103. The van der Waals surface area contributed by atoms with Gasteiger partial charge in [0.15, 0.2) is 0 Å². The van der Waals surface area contributed by atoms with Crippen LogP contribution in [-0.2, 0) is 0 Å². The van der Waals surface area contributed by atoms with Crippen molar-refractivity contribution >= 4 is 26.8 Å². The number of rotatable bonds is 4. The van der Waals surface area contributed by atoms with Gasteiger partial charge in [0.2, 0.25) is 5.56 Å². The molecule has 0 aliphatic heterocycles. The summed E-state index contributed by atoms with van der Waals surface area (Å²) in [4.78, 5) is 14.0. The number of hydrogen-bond donors (Lipinski definition) is 1. The smallest absolute Gasteiger partial charge is 0.248 e.